The van der Waals surface area contributed by atoms with E-state index in [9.17, 15) is 4.79 Å². The van der Waals surface area contributed by atoms with Crippen LogP contribution in [-0.2, 0) is 0 Å². The minimum atomic E-state index is -0.602. The molecular weight excluding hydrogens is 338 g/mol. The lowest BCUT2D eigenvalue weighted by molar-refractivity contribution is 0.0995. The van der Waals surface area contributed by atoms with Gasteiger partial charge in [0, 0.05) is 6.20 Å². The highest BCUT2D eigenvalue weighted by molar-refractivity contribution is 7.15. The topological polar surface area (TPSA) is 123 Å². The van der Waals surface area contributed by atoms with Crippen LogP contribution in [0.5, 0.6) is 0 Å². The standard InChI is InChI=1S/C16H15N7OS/c1-8-13(18)25-15(20-8)14-21-9-4-2-3-5-11(9)23(14)16-19-7-6-10(22-16)12(17)24/h2-7,14,21H,18H2,1H3,(H2,17,24). The number of amides is 1. The summed E-state index contributed by atoms with van der Waals surface area (Å²) in [6.45, 7) is 1.87. The number of hydrogen-bond donors (Lipinski definition) is 3. The summed E-state index contributed by atoms with van der Waals surface area (Å²) in [7, 11) is 0. The van der Waals surface area contributed by atoms with E-state index in [4.69, 9.17) is 11.5 Å². The van der Waals surface area contributed by atoms with Gasteiger partial charge in [-0.05, 0) is 25.1 Å². The van der Waals surface area contributed by atoms with Crippen molar-refractivity contribution in [3.8, 4) is 0 Å². The molecule has 8 nitrogen and oxygen atoms in total. The second-order valence-corrected chi connectivity index (χ2v) is 6.60. The van der Waals surface area contributed by atoms with Crippen molar-refractivity contribution in [2.75, 3.05) is 16.0 Å². The summed E-state index contributed by atoms with van der Waals surface area (Å²) in [5, 5.41) is 4.87. The van der Waals surface area contributed by atoms with Crippen molar-refractivity contribution >= 4 is 39.6 Å². The third-order valence-corrected chi connectivity index (χ3v) is 4.95. The summed E-state index contributed by atoms with van der Waals surface area (Å²) < 4.78 is 0. The second-order valence-electron chi connectivity index (χ2n) is 5.54. The van der Waals surface area contributed by atoms with Gasteiger partial charge in [0.1, 0.15) is 15.7 Å². The Balaban J connectivity index is 1.85. The highest BCUT2D eigenvalue weighted by atomic mass is 32.1. The molecule has 3 aromatic rings. The number of para-hydroxylation sites is 2. The van der Waals surface area contributed by atoms with Crippen LogP contribution in [0, 0.1) is 6.92 Å². The summed E-state index contributed by atoms with van der Waals surface area (Å²) in [6, 6.07) is 9.27. The number of hydrogen-bond acceptors (Lipinski definition) is 8. The predicted octanol–water partition coefficient (Wildman–Crippen LogP) is 2.19. The quantitative estimate of drug-likeness (QED) is 0.659. The number of benzene rings is 1. The lowest BCUT2D eigenvalue weighted by Crippen LogP contribution is -2.26. The fourth-order valence-electron chi connectivity index (χ4n) is 2.70. The molecule has 1 aromatic carbocycles. The molecule has 4 rings (SSSR count). The molecule has 0 radical (unpaired) electrons. The van der Waals surface area contributed by atoms with Gasteiger partial charge in [0.25, 0.3) is 5.91 Å². The zero-order valence-electron chi connectivity index (χ0n) is 13.3. The largest absolute Gasteiger partial charge is 0.389 e. The first-order chi connectivity index (χ1) is 12.0. The SMILES string of the molecule is Cc1nc(C2Nc3ccccc3N2c2nccc(C(N)=O)n2)sc1N. The van der Waals surface area contributed by atoms with E-state index in [1.165, 1.54) is 23.6 Å². The Morgan fingerprint density at radius 1 is 1.28 bits per heavy atom. The molecule has 25 heavy (non-hydrogen) atoms. The lowest BCUT2D eigenvalue weighted by atomic mass is 10.3. The molecule has 1 amide bonds. The number of aryl methyl sites for hydroxylation is 1. The minimum absolute atomic E-state index is 0.156. The molecule has 0 spiro atoms. The Labute approximate surface area is 147 Å². The molecule has 1 aliphatic rings. The molecule has 3 heterocycles. The van der Waals surface area contributed by atoms with E-state index in [2.05, 4.69) is 20.3 Å². The number of nitrogens with zero attached hydrogens (tertiary/aromatic N) is 4. The fraction of sp³-hybridized carbons (Fsp3) is 0.125. The van der Waals surface area contributed by atoms with Crippen LogP contribution in [0.2, 0.25) is 0 Å². The maximum Gasteiger partial charge on any atom is 0.267 e. The molecule has 126 valence electrons. The van der Waals surface area contributed by atoms with Crippen LogP contribution < -0.4 is 21.7 Å². The molecule has 2 aromatic heterocycles. The van der Waals surface area contributed by atoms with Crippen molar-refractivity contribution in [1.29, 1.82) is 0 Å². The van der Waals surface area contributed by atoms with Crippen molar-refractivity contribution in [2.24, 2.45) is 5.73 Å². The van der Waals surface area contributed by atoms with Gasteiger partial charge >= 0.3 is 0 Å². The number of nitrogens with one attached hydrogen (secondary N) is 1. The van der Waals surface area contributed by atoms with Gasteiger partial charge in [-0.15, -0.1) is 0 Å². The van der Waals surface area contributed by atoms with Crippen molar-refractivity contribution in [2.45, 2.75) is 13.1 Å². The van der Waals surface area contributed by atoms with Gasteiger partial charge in [-0.3, -0.25) is 9.69 Å². The van der Waals surface area contributed by atoms with E-state index in [1.807, 2.05) is 36.1 Å². The third kappa shape index (κ3) is 2.54. The Morgan fingerprint density at radius 3 is 2.80 bits per heavy atom. The van der Waals surface area contributed by atoms with E-state index < -0.39 is 5.91 Å². The highest BCUT2D eigenvalue weighted by Crippen LogP contribution is 2.45. The van der Waals surface area contributed by atoms with E-state index in [0.717, 1.165) is 22.1 Å². The van der Waals surface area contributed by atoms with Gasteiger partial charge in [-0.1, -0.05) is 23.5 Å². The second kappa shape index (κ2) is 5.71. The van der Waals surface area contributed by atoms with Gasteiger partial charge in [0.15, 0.2) is 6.17 Å². The Kier molecular flexibility index (Phi) is 3.50. The van der Waals surface area contributed by atoms with E-state index in [1.54, 1.807) is 0 Å². The number of nitrogens with two attached hydrogens (primary N) is 2. The Hall–Kier alpha value is -3.20. The van der Waals surface area contributed by atoms with Gasteiger partial charge in [0.2, 0.25) is 5.95 Å². The summed E-state index contributed by atoms with van der Waals surface area (Å²) in [4.78, 5) is 26.5. The molecule has 0 saturated heterocycles. The van der Waals surface area contributed by atoms with Crippen molar-refractivity contribution in [3.05, 3.63) is 52.9 Å². The third-order valence-electron chi connectivity index (χ3n) is 3.91. The maximum absolute atomic E-state index is 11.5. The number of carbonyl (C=O) groups is 1. The number of nitrogen functional groups attached to an aromatic ring is 1. The summed E-state index contributed by atoms with van der Waals surface area (Å²) in [6.07, 6.45) is 1.20. The molecule has 0 aliphatic carbocycles. The smallest absolute Gasteiger partial charge is 0.267 e. The summed E-state index contributed by atoms with van der Waals surface area (Å²) in [5.41, 5.74) is 14.1. The van der Waals surface area contributed by atoms with E-state index in [-0.39, 0.29) is 11.9 Å². The Morgan fingerprint density at radius 2 is 2.08 bits per heavy atom. The number of primary amides is 1. The zero-order chi connectivity index (χ0) is 17.6. The molecule has 1 unspecified atom stereocenters. The van der Waals surface area contributed by atoms with Crippen molar-refractivity contribution < 1.29 is 4.79 Å². The van der Waals surface area contributed by atoms with Crippen LogP contribution in [0.3, 0.4) is 0 Å². The number of carbonyl (C=O) groups excluding carboxylic acids is 1. The molecule has 1 atom stereocenters. The first kappa shape index (κ1) is 15.3. The summed E-state index contributed by atoms with van der Waals surface area (Å²) >= 11 is 1.41. The molecular formula is C16H15N7OS. The molecule has 0 saturated carbocycles. The fourth-order valence-corrected chi connectivity index (χ4v) is 3.58. The molecule has 0 fully saturated rings. The number of anilines is 4. The van der Waals surface area contributed by atoms with Gasteiger partial charge < -0.3 is 16.8 Å². The molecule has 0 bridgehead atoms. The highest BCUT2D eigenvalue weighted by Gasteiger charge is 2.35. The molecule has 5 N–H and O–H groups in total. The number of aromatic nitrogens is 3. The summed E-state index contributed by atoms with van der Waals surface area (Å²) in [5.74, 6) is -0.236. The Bertz CT molecular complexity index is 951. The monoisotopic (exact) mass is 353 g/mol. The average Bonchev–Trinajstić information content (AvgIpc) is 3.15. The van der Waals surface area contributed by atoms with Crippen LogP contribution in [0.25, 0.3) is 0 Å². The average molecular weight is 353 g/mol. The van der Waals surface area contributed by atoms with Crippen LogP contribution in [-0.4, -0.2) is 20.9 Å². The number of fused-ring (bicyclic) bond motifs is 1. The minimum Gasteiger partial charge on any atom is -0.389 e. The van der Waals surface area contributed by atoms with Crippen LogP contribution in [0.15, 0.2) is 36.5 Å². The van der Waals surface area contributed by atoms with E-state index >= 15 is 0 Å². The first-order valence-corrected chi connectivity index (χ1v) is 8.36. The number of thiazole rings is 1. The van der Waals surface area contributed by atoms with Crippen LogP contribution in [0.4, 0.5) is 22.3 Å². The number of rotatable bonds is 3. The van der Waals surface area contributed by atoms with E-state index in [0.29, 0.717) is 10.9 Å². The molecule has 1 aliphatic heterocycles. The maximum atomic E-state index is 11.5. The van der Waals surface area contributed by atoms with Gasteiger partial charge in [0.05, 0.1) is 17.1 Å². The van der Waals surface area contributed by atoms with Crippen LogP contribution in [0.1, 0.15) is 27.4 Å². The molecule has 9 heteroatoms. The predicted molar refractivity (Wildman–Crippen MR) is 96.8 cm³/mol. The van der Waals surface area contributed by atoms with Gasteiger partial charge in [-0.2, -0.15) is 0 Å². The van der Waals surface area contributed by atoms with Crippen molar-refractivity contribution in [1.82, 2.24) is 15.0 Å². The van der Waals surface area contributed by atoms with Crippen LogP contribution >= 0.6 is 11.3 Å². The zero-order valence-corrected chi connectivity index (χ0v) is 14.1. The van der Waals surface area contributed by atoms with Crippen molar-refractivity contribution in [3.63, 3.8) is 0 Å². The van der Waals surface area contributed by atoms with Gasteiger partial charge in [-0.25, -0.2) is 15.0 Å². The first-order valence-electron chi connectivity index (χ1n) is 7.55. The normalized spacial score (nSPS) is 15.7. The lowest BCUT2D eigenvalue weighted by Gasteiger charge is -2.23.